The van der Waals surface area contributed by atoms with Gasteiger partial charge in [-0.15, -0.1) is 0 Å². The summed E-state index contributed by atoms with van der Waals surface area (Å²) in [5, 5.41) is 9.59. The summed E-state index contributed by atoms with van der Waals surface area (Å²) in [5.41, 5.74) is 10.6. The Bertz CT molecular complexity index is 1270. The van der Waals surface area contributed by atoms with Crippen LogP contribution in [0.3, 0.4) is 0 Å². The lowest BCUT2D eigenvalue weighted by Gasteiger charge is -2.44. The Balaban J connectivity index is 0.000000666. The van der Waals surface area contributed by atoms with Gasteiger partial charge < -0.3 is 5.73 Å². The van der Waals surface area contributed by atoms with Gasteiger partial charge in [0.15, 0.2) is 5.78 Å². The molecule has 0 fully saturated rings. The van der Waals surface area contributed by atoms with Crippen LogP contribution in [-0.4, -0.2) is 41.8 Å². The van der Waals surface area contributed by atoms with Crippen LogP contribution in [0.1, 0.15) is 58.6 Å². The van der Waals surface area contributed by atoms with Crippen molar-refractivity contribution in [1.82, 2.24) is 10.9 Å². The van der Waals surface area contributed by atoms with Crippen LogP contribution in [-0.2, 0) is 30.9 Å². The Morgan fingerprint density at radius 3 is 1.88 bits per heavy atom. The number of hydrazine groups is 1. The number of aryl methyl sites for hydroxylation is 2. The van der Waals surface area contributed by atoms with Crippen molar-refractivity contribution in [1.29, 1.82) is 0 Å². The van der Waals surface area contributed by atoms with Gasteiger partial charge in [-0.2, -0.15) is 8.42 Å². The highest BCUT2D eigenvalue weighted by Gasteiger charge is 2.54. The van der Waals surface area contributed by atoms with E-state index in [1.807, 2.05) is 51.1 Å². The van der Waals surface area contributed by atoms with E-state index >= 15 is 0 Å². The molecule has 2 unspecified atom stereocenters. The van der Waals surface area contributed by atoms with Crippen LogP contribution in [0.25, 0.3) is 0 Å². The summed E-state index contributed by atoms with van der Waals surface area (Å²) in [6.45, 7) is 10.9. The summed E-state index contributed by atoms with van der Waals surface area (Å²) in [4.78, 5) is 39.4. The van der Waals surface area contributed by atoms with Gasteiger partial charge in [0.1, 0.15) is 0 Å². The minimum Gasteiger partial charge on any atom is -0.322 e. The van der Waals surface area contributed by atoms with E-state index in [0.717, 1.165) is 11.1 Å². The fourth-order valence-corrected chi connectivity index (χ4v) is 5.91. The zero-order chi connectivity index (χ0) is 32.3. The Kier molecular flexibility index (Phi) is 14.5. The van der Waals surface area contributed by atoms with Gasteiger partial charge in [-0.3, -0.25) is 29.6 Å². The average molecular weight is 607 g/mol. The number of hydrogen-bond acceptors (Lipinski definition) is 8. The van der Waals surface area contributed by atoms with Crippen molar-refractivity contribution in [2.45, 2.75) is 71.7 Å². The number of nitrogens with two attached hydrogens (primary N) is 2. The third-order valence-corrected chi connectivity index (χ3v) is 8.08. The van der Waals surface area contributed by atoms with E-state index in [9.17, 15) is 28.0 Å². The molecule has 0 aromatic heterocycles. The second kappa shape index (κ2) is 16.5. The van der Waals surface area contributed by atoms with Crippen molar-refractivity contribution >= 4 is 27.7 Å². The van der Waals surface area contributed by atoms with Crippen molar-refractivity contribution in [3.8, 4) is 0 Å². The molecule has 0 aliphatic heterocycles. The molecule has 0 spiro atoms. The molecule has 0 saturated carbocycles. The summed E-state index contributed by atoms with van der Waals surface area (Å²) in [6, 6.07) is 14.8. The molecule has 0 aliphatic carbocycles. The molecule has 4 atom stereocenters. The number of carbonyl (C=O) groups excluding carboxylic acids is 3. The third-order valence-electron chi connectivity index (χ3n) is 7.21. The summed E-state index contributed by atoms with van der Waals surface area (Å²) in [7, 11) is -4.02. The summed E-state index contributed by atoms with van der Waals surface area (Å²) < 4.78 is 29.6. The van der Waals surface area contributed by atoms with Gasteiger partial charge >= 0.3 is 0 Å². The van der Waals surface area contributed by atoms with Crippen LogP contribution in [0.2, 0.25) is 0 Å². The monoisotopic (exact) mass is 606 g/mol. The van der Waals surface area contributed by atoms with Gasteiger partial charge in [0.25, 0.3) is 10.1 Å². The zero-order valence-electron chi connectivity index (χ0n) is 25.2. The fourth-order valence-electron chi connectivity index (χ4n) is 5.43. The number of rotatable bonds is 13. The maximum absolute atomic E-state index is 13.7. The first kappa shape index (κ1) is 36.9. The molecule has 2 aromatic rings. The highest BCUT2D eigenvalue weighted by molar-refractivity contribution is 7.85. The van der Waals surface area contributed by atoms with Crippen molar-refractivity contribution in [2.75, 3.05) is 0 Å². The van der Waals surface area contributed by atoms with Crippen LogP contribution in [0, 0.1) is 36.0 Å². The van der Waals surface area contributed by atoms with Crippen molar-refractivity contribution in [2.24, 2.45) is 40.7 Å². The van der Waals surface area contributed by atoms with Gasteiger partial charge in [-0.1, -0.05) is 75.7 Å². The standard InChI is InChI=1S/C23H38N4O4.C7H8O3S/c1-14(2)13-23(20(28)16(5)24,12-11-17-9-7-6-8-10-17)19(22(30)27-31)18(15(3)4)21(29)26-25;1-6-2-4-7(5-3-6)11(8,9)10/h6-10,14-16,18-19,31H,11-13,24-25H2,1-5H3,(H,26,29)(H,27,30);2-5H,1H3,(H,8,9,10)/t16-,18-,19?,23?;/m1./s1. The minimum atomic E-state index is -4.02. The first-order chi connectivity index (χ1) is 19.5. The predicted octanol–water partition coefficient (Wildman–Crippen LogP) is 3.19. The normalized spacial score (nSPS) is 15.0. The van der Waals surface area contributed by atoms with Crippen molar-refractivity contribution in [3.63, 3.8) is 0 Å². The Hall–Kier alpha value is -3.16. The largest absolute Gasteiger partial charge is 0.322 e. The van der Waals surface area contributed by atoms with Gasteiger partial charge in [0.05, 0.1) is 22.8 Å². The number of hydrogen-bond donors (Lipinski definition) is 6. The number of benzene rings is 2. The topological polar surface area (TPSA) is 202 Å². The Labute approximate surface area is 249 Å². The molecule has 0 radical (unpaired) electrons. The summed E-state index contributed by atoms with van der Waals surface area (Å²) >= 11 is 0. The smallest absolute Gasteiger partial charge is 0.294 e. The van der Waals surface area contributed by atoms with Gasteiger partial charge in [0, 0.05) is 5.41 Å². The number of Topliss-reactive ketones (excluding diaryl/α,β-unsaturated/α-hetero) is 1. The van der Waals surface area contributed by atoms with Gasteiger partial charge in [-0.05, 0) is 62.6 Å². The lowest BCUT2D eigenvalue weighted by molar-refractivity contribution is -0.156. The average Bonchev–Trinajstić information content (AvgIpc) is 2.93. The van der Waals surface area contributed by atoms with Crippen LogP contribution in [0.15, 0.2) is 59.5 Å². The molecule has 234 valence electrons. The van der Waals surface area contributed by atoms with E-state index in [2.05, 4.69) is 5.43 Å². The second-order valence-corrected chi connectivity index (χ2v) is 12.8. The van der Waals surface area contributed by atoms with Crippen LogP contribution in [0.5, 0.6) is 0 Å². The Morgan fingerprint density at radius 1 is 0.929 bits per heavy atom. The number of carbonyl (C=O) groups is 3. The number of hydroxylamine groups is 1. The number of amides is 2. The molecule has 2 amide bonds. The summed E-state index contributed by atoms with van der Waals surface area (Å²) in [6.07, 6.45) is 1.14. The quantitative estimate of drug-likeness (QED) is 0.0651. The number of ketones is 1. The lowest BCUT2D eigenvalue weighted by Crippen LogP contribution is -2.58. The van der Waals surface area contributed by atoms with Crippen molar-refractivity contribution in [3.05, 3.63) is 65.7 Å². The molecular weight excluding hydrogens is 560 g/mol. The van der Waals surface area contributed by atoms with Crippen LogP contribution < -0.4 is 22.5 Å². The first-order valence-electron chi connectivity index (χ1n) is 13.8. The highest BCUT2D eigenvalue weighted by atomic mass is 32.2. The lowest BCUT2D eigenvalue weighted by atomic mass is 9.57. The molecule has 11 nitrogen and oxygen atoms in total. The van der Waals surface area contributed by atoms with Gasteiger partial charge in [0.2, 0.25) is 11.8 Å². The molecule has 2 rings (SSSR count). The van der Waals surface area contributed by atoms with E-state index in [1.165, 1.54) is 12.1 Å². The molecule has 8 N–H and O–H groups in total. The maximum Gasteiger partial charge on any atom is 0.294 e. The molecule has 2 aromatic carbocycles. The van der Waals surface area contributed by atoms with E-state index in [1.54, 1.807) is 38.4 Å². The fraction of sp³-hybridized carbons (Fsp3) is 0.500. The third kappa shape index (κ3) is 10.3. The van der Waals surface area contributed by atoms with E-state index < -0.39 is 45.2 Å². The molecule has 12 heteroatoms. The second-order valence-electron chi connectivity index (χ2n) is 11.4. The van der Waals surface area contributed by atoms with Crippen LogP contribution >= 0.6 is 0 Å². The highest BCUT2D eigenvalue weighted by Crippen LogP contribution is 2.46. The molecule has 0 saturated heterocycles. The van der Waals surface area contributed by atoms with E-state index in [0.29, 0.717) is 19.3 Å². The van der Waals surface area contributed by atoms with Crippen LogP contribution in [0.4, 0.5) is 0 Å². The van der Waals surface area contributed by atoms with Crippen molar-refractivity contribution < 1.29 is 32.6 Å². The minimum absolute atomic E-state index is 0.0289. The Morgan fingerprint density at radius 2 is 1.48 bits per heavy atom. The molecule has 0 bridgehead atoms. The molecule has 0 heterocycles. The maximum atomic E-state index is 13.7. The first-order valence-corrected chi connectivity index (χ1v) is 15.3. The molecule has 0 aliphatic rings. The predicted molar refractivity (Wildman–Crippen MR) is 160 cm³/mol. The zero-order valence-corrected chi connectivity index (χ0v) is 26.0. The summed E-state index contributed by atoms with van der Waals surface area (Å²) in [5.74, 6) is 1.40. The SMILES string of the molecule is CC(C)CC(CCc1ccccc1)(C(=O)[C@@H](C)N)C(C(=O)NO)[C@H](C(=O)NN)C(C)C.Cc1ccc(S(=O)(=O)O)cc1. The van der Waals surface area contributed by atoms with E-state index in [4.69, 9.17) is 16.1 Å². The number of nitrogens with one attached hydrogen (secondary N) is 2. The molecule has 42 heavy (non-hydrogen) atoms. The van der Waals surface area contributed by atoms with Gasteiger partial charge in [-0.25, -0.2) is 11.3 Å². The van der Waals surface area contributed by atoms with E-state index in [-0.39, 0.29) is 22.5 Å². The molecular formula is C30H46N4O7S.